The molecule has 2 heterocycles. The Morgan fingerprint density at radius 1 is 1.50 bits per heavy atom. The van der Waals surface area contributed by atoms with Gasteiger partial charge in [0.25, 0.3) is 0 Å². The minimum Gasteiger partial charge on any atom is -0.480 e. The van der Waals surface area contributed by atoms with Crippen LogP contribution in [0.5, 0.6) is 0 Å². The van der Waals surface area contributed by atoms with E-state index < -0.39 is 11.5 Å². The highest BCUT2D eigenvalue weighted by atomic mass is 16.4. The van der Waals surface area contributed by atoms with Gasteiger partial charge in [-0.1, -0.05) is 18.2 Å². The van der Waals surface area contributed by atoms with Gasteiger partial charge < -0.3 is 10.4 Å². The molecule has 0 bridgehead atoms. The van der Waals surface area contributed by atoms with E-state index in [1.54, 1.807) is 0 Å². The van der Waals surface area contributed by atoms with Crippen molar-refractivity contribution in [3.05, 3.63) is 30.0 Å². The number of nitrogens with zero attached hydrogens (tertiary/aromatic N) is 2. The standard InChI is InChI=1S/C15H19N3O2/c1-2-18-13-7-4-3-6-11(13)12(17-18)10-15(14(19)20)8-5-9-16-15/h3-4,6-7,16H,2,5,8-10H2,1H3,(H,19,20). The van der Waals surface area contributed by atoms with Crippen molar-refractivity contribution < 1.29 is 9.90 Å². The minimum atomic E-state index is -0.851. The Kier molecular flexibility index (Phi) is 3.22. The highest BCUT2D eigenvalue weighted by molar-refractivity contribution is 5.84. The second-order valence-electron chi connectivity index (χ2n) is 5.37. The fourth-order valence-electron chi connectivity index (χ4n) is 3.07. The number of aryl methyl sites for hydroxylation is 1. The maximum absolute atomic E-state index is 11.6. The van der Waals surface area contributed by atoms with E-state index in [-0.39, 0.29) is 0 Å². The lowest BCUT2D eigenvalue weighted by atomic mass is 9.91. The number of nitrogens with one attached hydrogen (secondary N) is 1. The van der Waals surface area contributed by atoms with Crippen LogP contribution in [0.15, 0.2) is 24.3 Å². The van der Waals surface area contributed by atoms with Crippen LogP contribution < -0.4 is 5.32 Å². The van der Waals surface area contributed by atoms with Crippen LogP contribution in [-0.4, -0.2) is 32.9 Å². The van der Waals surface area contributed by atoms with Crippen molar-refractivity contribution in [3.8, 4) is 0 Å². The topological polar surface area (TPSA) is 67.2 Å². The van der Waals surface area contributed by atoms with E-state index in [1.165, 1.54) is 0 Å². The summed E-state index contributed by atoms with van der Waals surface area (Å²) < 4.78 is 1.94. The number of carbonyl (C=O) groups is 1. The van der Waals surface area contributed by atoms with Crippen molar-refractivity contribution in [1.29, 1.82) is 0 Å². The van der Waals surface area contributed by atoms with Gasteiger partial charge in [-0.15, -0.1) is 0 Å². The van der Waals surface area contributed by atoms with Crippen LogP contribution in [0.2, 0.25) is 0 Å². The van der Waals surface area contributed by atoms with E-state index in [1.807, 2.05) is 35.9 Å². The predicted octanol–water partition coefficient (Wildman–Crippen LogP) is 1.81. The fraction of sp³-hybridized carbons (Fsp3) is 0.467. The first-order chi connectivity index (χ1) is 9.66. The number of carboxylic acids is 1. The third kappa shape index (κ3) is 1.98. The molecular formula is C15H19N3O2. The fourth-order valence-corrected chi connectivity index (χ4v) is 3.07. The van der Waals surface area contributed by atoms with Crippen molar-refractivity contribution in [2.24, 2.45) is 0 Å². The van der Waals surface area contributed by atoms with Crippen LogP contribution in [-0.2, 0) is 17.8 Å². The molecule has 5 nitrogen and oxygen atoms in total. The summed E-state index contributed by atoms with van der Waals surface area (Å²) in [6.45, 7) is 3.59. The Morgan fingerprint density at radius 3 is 2.95 bits per heavy atom. The summed E-state index contributed by atoms with van der Waals surface area (Å²) in [5, 5.41) is 18.4. The predicted molar refractivity (Wildman–Crippen MR) is 76.7 cm³/mol. The molecule has 1 atom stereocenters. The van der Waals surface area contributed by atoms with Gasteiger partial charge >= 0.3 is 5.97 Å². The quantitative estimate of drug-likeness (QED) is 0.891. The van der Waals surface area contributed by atoms with Crippen molar-refractivity contribution in [2.75, 3.05) is 6.54 Å². The zero-order valence-corrected chi connectivity index (χ0v) is 11.6. The summed E-state index contributed by atoms with van der Waals surface area (Å²) in [5.41, 5.74) is 1.10. The zero-order valence-electron chi connectivity index (χ0n) is 11.6. The molecule has 5 heteroatoms. The molecule has 1 aromatic carbocycles. The third-order valence-electron chi connectivity index (χ3n) is 4.16. The van der Waals surface area contributed by atoms with Gasteiger partial charge in [0.05, 0.1) is 11.2 Å². The summed E-state index contributed by atoms with van der Waals surface area (Å²) in [7, 11) is 0. The first kappa shape index (κ1) is 13.1. The number of carboxylic acid groups (broad SMARTS) is 1. The second kappa shape index (κ2) is 4.90. The molecule has 1 aliphatic rings. The first-order valence-electron chi connectivity index (χ1n) is 7.09. The molecule has 0 amide bonds. The highest BCUT2D eigenvalue weighted by Crippen LogP contribution is 2.28. The van der Waals surface area contributed by atoms with E-state index in [0.29, 0.717) is 12.8 Å². The molecule has 0 saturated carbocycles. The Labute approximate surface area is 117 Å². The van der Waals surface area contributed by atoms with Gasteiger partial charge in [-0.2, -0.15) is 5.10 Å². The number of aromatic nitrogens is 2. The monoisotopic (exact) mass is 273 g/mol. The van der Waals surface area contributed by atoms with Gasteiger partial charge in [-0.05, 0) is 32.4 Å². The molecule has 1 fully saturated rings. The van der Waals surface area contributed by atoms with Crippen molar-refractivity contribution in [1.82, 2.24) is 15.1 Å². The van der Waals surface area contributed by atoms with E-state index in [2.05, 4.69) is 10.4 Å². The van der Waals surface area contributed by atoms with Crippen molar-refractivity contribution in [3.63, 3.8) is 0 Å². The lowest BCUT2D eigenvalue weighted by Crippen LogP contribution is -2.49. The van der Waals surface area contributed by atoms with Crippen LogP contribution in [0.3, 0.4) is 0 Å². The summed E-state index contributed by atoms with van der Waals surface area (Å²) >= 11 is 0. The van der Waals surface area contributed by atoms with Gasteiger partial charge in [-0.25, -0.2) is 0 Å². The Balaban J connectivity index is 2.04. The largest absolute Gasteiger partial charge is 0.480 e. The van der Waals surface area contributed by atoms with Crippen LogP contribution in [0, 0.1) is 0 Å². The summed E-state index contributed by atoms with van der Waals surface area (Å²) in [4.78, 5) is 11.6. The number of fused-ring (bicyclic) bond motifs is 1. The molecule has 3 rings (SSSR count). The molecule has 0 spiro atoms. The van der Waals surface area contributed by atoms with Crippen LogP contribution in [0.1, 0.15) is 25.5 Å². The SMILES string of the molecule is CCn1nc(CC2(C(=O)O)CCCN2)c2ccccc21. The van der Waals surface area contributed by atoms with Gasteiger partial charge in [-0.3, -0.25) is 9.48 Å². The van der Waals surface area contributed by atoms with Gasteiger partial charge in [0.2, 0.25) is 0 Å². The first-order valence-corrected chi connectivity index (χ1v) is 7.09. The Hall–Kier alpha value is -1.88. The van der Waals surface area contributed by atoms with Crippen LogP contribution >= 0.6 is 0 Å². The molecule has 2 aromatic rings. The van der Waals surface area contributed by atoms with E-state index in [0.717, 1.165) is 36.1 Å². The Morgan fingerprint density at radius 2 is 2.30 bits per heavy atom. The number of aliphatic carboxylic acids is 1. The summed E-state index contributed by atoms with van der Waals surface area (Å²) in [5.74, 6) is -0.773. The molecule has 1 saturated heterocycles. The van der Waals surface area contributed by atoms with E-state index in [9.17, 15) is 9.90 Å². The van der Waals surface area contributed by atoms with Crippen molar-refractivity contribution in [2.45, 2.75) is 38.3 Å². The average molecular weight is 273 g/mol. The summed E-state index contributed by atoms with van der Waals surface area (Å²) in [6, 6.07) is 8.02. The smallest absolute Gasteiger partial charge is 0.324 e. The molecule has 0 aliphatic carbocycles. The minimum absolute atomic E-state index is 0.440. The molecular weight excluding hydrogens is 254 g/mol. The number of para-hydroxylation sites is 1. The second-order valence-corrected chi connectivity index (χ2v) is 5.37. The molecule has 1 aliphatic heterocycles. The lowest BCUT2D eigenvalue weighted by Gasteiger charge is -2.23. The van der Waals surface area contributed by atoms with Crippen molar-refractivity contribution >= 4 is 16.9 Å². The lowest BCUT2D eigenvalue weighted by molar-refractivity contribution is -0.144. The number of rotatable bonds is 4. The van der Waals surface area contributed by atoms with Gasteiger partial charge in [0, 0.05) is 18.4 Å². The zero-order chi connectivity index (χ0) is 14.2. The number of benzene rings is 1. The maximum atomic E-state index is 11.6. The number of hydrogen-bond acceptors (Lipinski definition) is 3. The molecule has 1 aromatic heterocycles. The van der Waals surface area contributed by atoms with Crippen LogP contribution in [0.25, 0.3) is 10.9 Å². The molecule has 20 heavy (non-hydrogen) atoms. The van der Waals surface area contributed by atoms with E-state index >= 15 is 0 Å². The summed E-state index contributed by atoms with van der Waals surface area (Å²) in [6.07, 6.45) is 2.00. The Bertz CT molecular complexity index is 642. The normalized spacial score (nSPS) is 22.4. The van der Waals surface area contributed by atoms with E-state index in [4.69, 9.17) is 0 Å². The maximum Gasteiger partial charge on any atom is 0.324 e. The van der Waals surface area contributed by atoms with Gasteiger partial charge in [0.1, 0.15) is 5.54 Å². The molecule has 1 unspecified atom stereocenters. The van der Waals surface area contributed by atoms with Gasteiger partial charge in [0.15, 0.2) is 0 Å². The number of hydrogen-bond donors (Lipinski definition) is 2. The molecule has 106 valence electrons. The average Bonchev–Trinajstić information content (AvgIpc) is 3.06. The highest BCUT2D eigenvalue weighted by Gasteiger charge is 2.42. The molecule has 2 N–H and O–H groups in total. The third-order valence-corrected chi connectivity index (χ3v) is 4.16. The molecule has 0 radical (unpaired) electrons. The van der Waals surface area contributed by atoms with Crippen LogP contribution in [0.4, 0.5) is 0 Å².